The van der Waals surface area contributed by atoms with Gasteiger partial charge in [-0.05, 0) is 29.5 Å². The smallest absolute Gasteiger partial charge is 0.239 e. The molecule has 0 N–H and O–H groups in total. The maximum Gasteiger partial charge on any atom is 0.433 e. The van der Waals surface area contributed by atoms with Crippen LogP contribution in [0.1, 0.15) is 50.6 Å². The minimum atomic E-state index is -4.90. The lowest BCUT2D eigenvalue weighted by Gasteiger charge is -2.26. The highest BCUT2D eigenvalue weighted by molar-refractivity contribution is 5.30. The first kappa shape index (κ1) is 16.8. The van der Waals surface area contributed by atoms with Crippen LogP contribution in [-0.4, -0.2) is 4.98 Å². The monoisotopic (exact) mass is 299 g/mol. The second kappa shape index (κ2) is 5.26. The third-order valence-electron chi connectivity index (χ3n) is 3.06. The predicted octanol–water partition coefficient (Wildman–Crippen LogP) is 5.20. The number of hydrogen-bond acceptors (Lipinski definition) is 1. The van der Waals surface area contributed by atoms with E-state index < -0.39 is 29.2 Å². The molecule has 0 spiro atoms. The molecule has 0 bridgehead atoms. The molecule has 0 radical (unpaired) electrons. The Morgan fingerprint density at radius 2 is 1.30 bits per heavy atom. The first-order valence-electron chi connectivity index (χ1n) is 6.05. The van der Waals surface area contributed by atoms with E-state index >= 15 is 0 Å². The third kappa shape index (κ3) is 3.86. The number of hydrogen-bond donors (Lipinski definition) is 0. The molecule has 0 aliphatic heterocycles. The summed E-state index contributed by atoms with van der Waals surface area (Å²) in [4.78, 5) is 2.70. The Balaban J connectivity index is 3.46. The summed E-state index contributed by atoms with van der Waals surface area (Å²) in [5, 5.41) is 0. The minimum Gasteiger partial charge on any atom is -0.239 e. The van der Waals surface area contributed by atoms with Gasteiger partial charge in [-0.1, -0.05) is 27.2 Å². The van der Waals surface area contributed by atoms with Crippen molar-refractivity contribution in [3.63, 3.8) is 0 Å². The summed E-state index contributed by atoms with van der Waals surface area (Å²) in [5.74, 6) is 0. The summed E-state index contributed by atoms with van der Waals surface area (Å²) >= 11 is 0. The minimum absolute atomic E-state index is 0.00556. The predicted molar refractivity (Wildman–Crippen MR) is 62.2 cm³/mol. The van der Waals surface area contributed by atoms with Crippen LogP contribution in [0.4, 0.5) is 26.3 Å². The zero-order valence-electron chi connectivity index (χ0n) is 11.3. The Hall–Kier alpha value is -1.27. The van der Waals surface area contributed by atoms with E-state index in [1.807, 2.05) is 6.92 Å². The topological polar surface area (TPSA) is 12.9 Å². The molecular weight excluding hydrogens is 284 g/mol. The summed E-state index contributed by atoms with van der Waals surface area (Å²) in [6.07, 6.45) is -8.68. The van der Waals surface area contributed by atoms with Crippen molar-refractivity contribution in [2.45, 2.75) is 51.4 Å². The second-order valence-electron chi connectivity index (χ2n) is 5.26. The molecule has 1 heterocycles. The molecule has 1 aromatic rings. The zero-order chi connectivity index (χ0) is 15.8. The molecule has 1 aromatic heterocycles. The van der Waals surface area contributed by atoms with E-state index in [1.54, 1.807) is 13.8 Å². The van der Waals surface area contributed by atoms with Crippen LogP contribution in [0, 0.1) is 0 Å². The molecule has 20 heavy (non-hydrogen) atoms. The summed E-state index contributed by atoms with van der Waals surface area (Å²) in [6, 6.07) is 1.40. The lowest BCUT2D eigenvalue weighted by atomic mass is 9.80. The molecule has 0 amide bonds. The van der Waals surface area contributed by atoms with Crippen molar-refractivity contribution in [1.82, 2.24) is 4.98 Å². The molecule has 0 aromatic carbocycles. The van der Waals surface area contributed by atoms with Gasteiger partial charge in [0.15, 0.2) is 0 Å². The summed E-state index contributed by atoms with van der Waals surface area (Å²) < 4.78 is 76.1. The highest BCUT2D eigenvalue weighted by Gasteiger charge is 2.40. The first-order chi connectivity index (χ1) is 8.88. The van der Waals surface area contributed by atoms with Crippen LogP contribution in [0.15, 0.2) is 12.1 Å². The largest absolute Gasteiger partial charge is 0.433 e. The van der Waals surface area contributed by atoms with Crippen LogP contribution < -0.4 is 0 Å². The molecule has 1 nitrogen and oxygen atoms in total. The van der Waals surface area contributed by atoms with E-state index in [-0.39, 0.29) is 5.56 Å². The van der Waals surface area contributed by atoms with Crippen LogP contribution in [0.25, 0.3) is 0 Å². The Morgan fingerprint density at radius 1 is 0.900 bits per heavy atom. The van der Waals surface area contributed by atoms with Crippen LogP contribution in [0.3, 0.4) is 0 Å². The number of pyridine rings is 1. The molecule has 0 saturated carbocycles. The Bertz CT molecular complexity index is 440. The van der Waals surface area contributed by atoms with Gasteiger partial charge in [-0.3, -0.25) is 0 Å². The fourth-order valence-corrected chi connectivity index (χ4v) is 1.98. The Morgan fingerprint density at radius 3 is 1.60 bits per heavy atom. The molecule has 0 unspecified atom stereocenters. The van der Waals surface area contributed by atoms with Gasteiger partial charge < -0.3 is 0 Å². The maximum absolute atomic E-state index is 12.7. The van der Waals surface area contributed by atoms with Gasteiger partial charge >= 0.3 is 12.4 Å². The quantitative estimate of drug-likeness (QED) is 0.699. The summed E-state index contributed by atoms with van der Waals surface area (Å²) in [6.45, 7) is 5.05. The van der Waals surface area contributed by atoms with E-state index in [2.05, 4.69) is 4.98 Å². The van der Waals surface area contributed by atoms with Crippen molar-refractivity contribution in [2.75, 3.05) is 0 Å². The van der Waals surface area contributed by atoms with Crippen LogP contribution in [-0.2, 0) is 17.8 Å². The number of halogens is 6. The number of aromatic nitrogens is 1. The van der Waals surface area contributed by atoms with Gasteiger partial charge in [0, 0.05) is 0 Å². The van der Waals surface area contributed by atoms with E-state index in [9.17, 15) is 26.3 Å². The molecule has 1 rings (SSSR count). The van der Waals surface area contributed by atoms with Crippen LogP contribution in [0.2, 0.25) is 0 Å². The average molecular weight is 299 g/mol. The first-order valence-corrected chi connectivity index (χ1v) is 6.05. The molecular formula is C13H15F6N. The molecule has 0 saturated heterocycles. The highest BCUT2D eigenvalue weighted by atomic mass is 19.4. The molecule has 7 heteroatoms. The standard InChI is InChI=1S/C13H15F6N/c1-4-5-11(2,3)8-6-9(12(14,15)16)20-10(7-8)13(17,18)19/h6-7H,4-5H2,1-3H3. The van der Waals surface area contributed by atoms with Gasteiger partial charge in [0.05, 0.1) is 0 Å². The summed E-state index contributed by atoms with van der Waals surface area (Å²) in [5.41, 5.74) is -3.80. The zero-order valence-corrected chi connectivity index (χ0v) is 11.3. The maximum atomic E-state index is 12.7. The third-order valence-corrected chi connectivity index (χ3v) is 3.06. The van der Waals surface area contributed by atoms with Crippen molar-refractivity contribution in [3.05, 3.63) is 29.1 Å². The van der Waals surface area contributed by atoms with Gasteiger partial charge in [-0.2, -0.15) is 26.3 Å². The second-order valence-corrected chi connectivity index (χ2v) is 5.26. The van der Waals surface area contributed by atoms with E-state index in [0.29, 0.717) is 25.0 Å². The highest BCUT2D eigenvalue weighted by Crippen LogP contribution is 2.37. The van der Waals surface area contributed by atoms with Crippen molar-refractivity contribution in [2.24, 2.45) is 0 Å². The van der Waals surface area contributed by atoms with Crippen molar-refractivity contribution >= 4 is 0 Å². The van der Waals surface area contributed by atoms with Gasteiger partial charge in [0.25, 0.3) is 0 Å². The van der Waals surface area contributed by atoms with Crippen molar-refractivity contribution in [3.8, 4) is 0 Å². The fourth-order valence-electron chi connectivity index (χ4n) is 1.98. The lowest BCUT2D eigenvalue weighted by molar-refractivity contribution is -0.150. The van der Waals surface area contributed by atoms with E-state index in [1.165, 1.54) is 0 Å². The summed E-state index contributed by atoms with van der Waals surface area (Å²) in [7, 11) is 0. The van der Waals surface area contributed by atoms with Crippen LogP contribution >= 0.6 is 0 Å². The average Bonchev–Trinajstić information content (AvgIpc) is 2.26. The van der Waals surface area contributed by atoms with Crippen LogP contribution in [0.5, 0.6) is 0 Å². The molecule has 0 aliphatic rings. The lowest BCUT2D eigenvalue weighted by Crippen LogP contribution is -2.22. The molecule has 0 fully saturated rings. The molecule has 0 atom stereocenters. The molecule has 114 valence electrons. The van der Waals surface area contributed by atoms with Gasteiger partial charge in [0.2, 0.25) is 0 Å². The SMILES string of the molecule is CCCC(C)(C)c1cc(C(F)(F)F)nc(C(F)(F)F)c1. The van der Waals surface area contributed by atoms with Gasteiger partial charge in [-0.15, -0.1) is 0 Å². The van der Waals surface area contributed by atoms with E-state index in [4.69, 9.17) is 0 Å². The van der Waals surface area contributed by atoms with E-state index in [0.717, 1.165) is 0 Å². The normalized spacial score (nSPS) is 13.7. The van der Waals surface area contributed by atoms with Crippen molar-refractivity contribution in [1.29, 1.82) is 0 Å². The number of alkyl halides is 6. The van der Waals surface area contributed by atoms with Gasteiger partial charge in [0.1, 0.15) is 11.4 Å². The Kier molecular flexibility index (Phi) is 4.41. The number of nitrogens with zero attached hydrogens (tertiary/aromatic N) is 1. The number of rotatable bonds is 3. The Labute approximate surface area is 113 Å². The van der Waals surface area contributed by atoms with Gasteiger partial charge in [-0.25, -0.2) is 4.98 Å². The van der Waals surface area contributed by atoms with Crippen molar-refractivity contribution < 1.29 is 26.3 Å². The molecule has 0 aliphatic carbocycles. The fraction of sp³-hybridized carbons (Fsp3) is 0.615.